The lowest BCUT2D eigenvalue weighted by molar-refractivity contribution is 0.528. The van der Waals surface area contributed by atoms with Crippen molar-refractivity contribution in [1.82, 2.24) is 5.43 Å². The smallest absolute Gasteiger partial charge is 0.147 e. The monoisotopic (exact) mass is 288 g/mol. The number of hydrogen-bond donors (Lipinski definition) is 2. The maximum Gasteiger partial charge on any atom is 0.147 e. The SMILES string of the molecule is CS(=O)(=O)CCCC(CSc1ccccc1)NN. The van der Waals surface area contributed by atoms with E-state index in [2.05, 4.69) is 17.6 Å². The number of hydrazine groups is 1. The van der Waals surface area contributed by atoms with E-state index >= 15 is 0 Å². The number of sulfone groups is 1. The molecule has 4 nitrogen and oxygen atoms in total. The van der Waals surface area contributed by atoms with E-state index in [0.29, 0.717) is 6.42 Å². The number of nitrogens with two attached hydrogens (primary N) is 1. The summed E-state index contributed by atoms with van der Waals surface area (Å²) in [5.41, 5.74) is 2.74. The van der Waals surface area contributed by atoms with Crippen molar-refractivity contribution in [3.63, 3.8) is 0 Å². The van der Waals surface area contributed by atoms with Gasteiger partial charge in [-0.1, -0.05) is 18.2 Å². The first-order valence-corrected chi connectivity index (χ1v) is 8.87. The van der Waals surface area contributed by atoms with E-state index < -0.39 is 9.84 Å². The van der Waals surface area contributed by atoms with Crippen LogP contribution in [0.2, 0.25) is 0 Å². The molecule has 0 aromatic heterocycles. The first-order chi connectivity index (χ1) is 8.51. The highest BCUT2D eigenvalue weighted by atomic mass is 32.2. The van der Waals surface area contributed by atoms with Crippen molar-refractivity contribution < 1.29 is 8.42 Å². The zero-order valence-corrected chi connectivity index (χ0v) is 12.1. The molecule has 0 fully saturated rings. The predicted octanol–water partition coefficient (Wildman–Crippen LogP) is 1.44. The van der Waals surface area contributed by atoms with Gasteiger partial charge in [0.15, 0.2) is 0 Å². The van der Waals surface area contributed by atoms with Gasteiger partial charge in [0, 0.05) is 28.7 Å². The third kappa shape index (κ3) is 7.00. The van der Waals surface area contributed by atoms with Gasteiger partial charge in [0.2, 0.25) is 0 Å². The molecule has 18 heavy (non-hydrogen) atoms. The summed E-state index contributed by atoms with van der Waals surface area (Å²) in [5, 5.41) is 0. The Morgan fingerprint density at radius 1 is 1.33 bits per heavy atom. The number of benzene rings is 1. The normalized spacial score (nSPS) is 13.4. The third-order valence-electron chi connectivity index (χ3n) is 2.50. The lowest BCUT2D eigenvalue weighted by Crippen LogP contribution is -2.37. The van der Waals surface area contributed by atoms with Crippen LogP contribution in [0.1, 0.15) is 12.8 Å². The molecule has 0 amide bonds. The minimum absolute atomic E-state index is 0.136. The van der Waals surface area contributed by atoms with Gasteiger partial charge >= 0.3 is 0 Å². The van der Waals surface area contributed by atoms with Crippen molar-refractivity contribution in [2.45, 2.75) is 23.8 Å². The average Bonchev–Trinajstić information content (AvgIpc) is 2.33. The van der Waals surface area contributed by atoms with E-state index in [1.54, 1.807) is 11.8 Å². The average molecular weight is 288 g/mol. The van der Waals surface area contributed by atoms with Crippen LogP contribution in [0, 0.1) is 0 Å². The summed E-state index contributed by atoms with van der Waals surface area (Å²) in [6.07, 6.45) is 2.67. The number of rotatable bonds is 8. The van der Waals surface area contributed by atoms with Crippen molar-refractivity contribution in [3.05, 3.63) is 30.3 Å². The predicted molar refractivity (Wildman–Crippen MR) is 77.2 cm³/mol. The van der Waals surface area contributed by atoms with Gasteiger partial charge in [-0.2, -0.15) is 0 Å². The van der Waals surface area contributed by atoms with Crippen LogP contribution in [0.25, 0.3) is 0 Å². The van der Waals surface area contributed by atoms with Crippen LogP contribution in [0.5, 0.6) is 0 Å². The first kappa shape index (κ1) is 15.5. The van der Waals surface area contributed by atoms with Crippen molar-refractivity contribution in [2.75, 3.05) is 17.8 Å². The van der Waals surface area contributed by atoms with E-state index in [1.165, 1.54) is 11.2 Å². The lowest BCUT2D eigenvalue weighted by Gasteiger charge is -2.15. The first-order valence-electron chi connectivity index (χ1n) is 5.83. The molecule has 1 rings (SSSR count). The van der Waals surface area contributed by atoms with Crippen molar-refractivity contribution in [1.29, 1.82) is 0 Å². The summed E-state index contributed by atoms with van der Waals surface area (Å²) in [6.45, 7) is 0. The second kappa shape index (κ2) is 7.78. The van der Waals surface area contributed by atoms with Crippen LogP contribution in [-0.4, -0.2) is 32.2 Å². The summed E-state index contributed by atoms with van der Waals surface area (Å²) in [6, 6.07) is 10.2. The van der Waals surface area contributed by atoms with Gasteiger partial charge in [0.1, 0.15) is 9.84 Å². The molecule has 0 bridgehead atoms. The topological polar surface area (TPSA) is 72.2 Å². The number of nitrogens with one attached hydrogen (secondary N) is 1. The lowest BCUT2D eigenvalue weighted by atomic mass is 10.2. The van der Waals surface area contributed by atoms with Crippen LogP contribution >= 0.6 is 11.8 Å². The van der Waals surface area contributed by atoms with Gasteiger partial charge in [-0.15, -0.1) is 11.8 Å². The number of thioether (sulfide) groups is 1. The van der Waals surface area contributed by atoms with Gasteiger partial charge in [0.05, 0.1) is 0 Å². The fraction of sp³-hybridized carbons (Fsp3) is 0.500. The Hall–Kier alpha value is -0.560. The molecular formula is C12H20N2O2S2. The molecule has 0 heterocycles. The Kier molecular flexibility index (Phi) is 6.70. The van der Waals surface area contributed by atoms with Gasteiger partial charge < -0.3 is 0 Å². The molecular weight excluding hydrogens is 268 g/mol. The molecule has 0 spiro atoms. The molecule has 0 aliphatic rings. The summed E-state index contributed by atoms with van der Waals surface area (Å²) >= 11 is 1.72. The van der Waals surface area contributed by atoms with Gasteiger partial charge in [-0.05, 0) is 25.0 Å². The molecule has 1 aromatic carbocycles. The van der Waals surface area contributed by atoms with Crippen LogP contribution in [-0.2, 0) is 9.84 Å². The zero-order chi connectivity index (χ0) is 13.4. The van der Waals surface area contributed by atoms with Crippen LogP contribution in [0.3, 0.4) is 0 Å². The molecule has 0 saturated carbocycles. The standard InChI is InChI=1S/C12H20N2O2S2/c1-18(15,16)9-5-6-11(14-13)10-17-12-7-3-2-4-8-12/h2-4,7-8,11,14H,5-6,9-10,13H2,1H3. The molecule has 0 saturated heterocycles. The molecule has 1 aromatic rings. The molecule has 0 aliphatic carbocycles. The van der Waals surface area contributed by atoms with E-state index in [0.717, 1.165) is 12.2 Å². The quantitative estimate of drug-likeness (QED) is 0.430. The molecule has 1 atom stereocenters. The van der Waals surface area contributed by atoms with E-state index in [1.807, 2.05) is 18.2 Å². The third-order valence-corrected chi connectivity index (χ3v) is 4.70. The zero-order valence-electron chi connectivity index (χ0n) is 10.5. The van der Waals surface area contributed by atoms with Crippen molar-refractivity contribution in [2.24, 2.45) is 5.84 Å². The maximum absolute atomic E-state index is 11.0. The minimum atomic E-state index is -2.87. The van der Waals surface area contributed by atoms with Gasteiger partial charge in [-0.25, -0.2) is 8.42 Å². The summed E-state index contributed by atoms with van der Waals surface area (Å²) in [7, 11) is -2.87. The maximum atomic E-state index is 11.0. The van der Waals surface area contributed by atoms with Crippen molar-refractivity contribution in [3.8, 4) is 0 Å². The Morgan fingerprint density at radius 2 is 2.00 bits per heavy atom. The second-order valence-corrected chi connectivity index (χ2v) is 7.61. The highest BCUT2D eigenvalue weighted by Crippen LogP contribution is 2.19. The van der Waals surface area contributed by atoms with Crippen molar-refractivity contribution >= 4 is 21.6 Å². The Morgan fingerprint density at radius 3 is 2.56 bits per heavy atom. The Balaban J connectivity index is 2.30. The molecule has 1 unspecified atom stereocenters. The molecule has 0 radical (unpaired) electrons. The Labute approximate surface area is 113 Å². The molecule has 6 heteroatoms. The van der Waals surface area contributed by atoms with E-state index in [4.69, 9.17) is 5.84 Å². The van der Waals surface area contributed by atoms with Gasteiger partial charge in [-0.3, -0.25) is 11.3 Å². The fourth-order valence-electron chi connectivity index (χ4n) is 1.52. The van der Waals surface area contributed by atoms with Gasteiger partial charge in [0.25, 0.3) is 0 Å². The fourth-order valence-corrected chi connectivity index (χ4v) is 3.22. The van der Waals surface area contributed by atoms with Crippen LogP contribution in [0.4, 0.5) is 0 Å². The summed E-state index contributed by atoms with van der Waals surface area (Å²) < 4.78 is 22.0. The number of hydrogen-bond acceptors (Lipinski definition) is 5. The van der Waals surface area contributed by atoms with E-state index in [9.17, 15) is 8.42 Å². The Bertz CT molecular complexity index is 435. The second-order valence-electron chi connectivity index (χ2n) is 4.26. The highest BCUT2D eigenvalue weighted by Gasteiger charge is 2.09. The molecule has 3 N–H and O–H groups in total. The van der Waals surface area contributed by atoms with Crippen LogP contribution in [0.15, 0.2) is 35.2 Å². The minimum Gasteiger partial charge on any atom is -0.271 e. The molecule has 102 valence electrons. The van der Waals surface area contributed by atoms with E-state index in [-0.39, 0.29) is 11.8 Å². The highest BCUT2D eigenvalue weighted by molar-refractivity contribution is 7.99. The molecule has 0 aliphatic heterocycles. The summed E-state index contributed by atoms with van der Waals surface area (Å²) in [4.78, 5) is 1.20. The largest absolute Gasteiger partial charge is 0.271 e. The summed E-state index contributed by atoms with van der Waals surface area (Å²) in [5.74, 6) is 6.53. The van der Waals surface area contributed by atoms with Crippen LogP contribution < -0.4 is 11.3 Å².